The van der Waals surface area contributed by atoms with E-state index in [4.69, 9.17) is 17.3 Å². The third kappa shape index (κ3) is 3.75. The summed E-state index contributed by atoms with van der Waals surface area (Å²) in [7, 11) is 0. The first-order chi connectivity index (χ1) is 11.5. The number of hydrogen-bond donors (Lipinski definition) is 3. The van der Waals surface area contributed by atoms with Gasteiger partial charge >= 0.3 is 6.03 Å². The Balaban J connectivity index is 1.67. The Labute approximate surface area is 145 Å². The van der Waals surface area contributed by atoms with Crippen LogP contribution < -0.4 is 16.4 Å². The van der Waals surface area contributed by atoms with E-state index in [9.17, 15) is 4.79 Å². The molecule has 6 heteroatoms. The molecule has 0 spiro atoms. The van der Waals surface area contributed by atoms with Gasteiger partial charge in [-0.2, -0.15) is 0 Å². The Morgan fingerprint density at radius 1 is 1.17 bits per heavy atom. The second-order valence-electron chi connectivity index (χ2n) is 5.58. The van der Waals surface area contributed by atoms with Crippen LogP contribution in [0.1, 0.15) is 17.5 Å². The molecule has 3 rings (SSSR count). The molecule has 4 N–H and O–H groups in total. The van der Waals surface area contributed by atoms with Crippen LogP contribution in [0.25, 0.3) is 5.57 Å². The minimum absolute atomic E-state index is 0.315. The van der Waals surface area contributed by atoms with Gasteiger partial charge in [0.25, 0.3) is 0 Å². The predicted octanol–water partition coefficient (Wildman–Crippen LogP) is 4.39. The monoisotopic (exact) mass is 340 g/mol. The molecule has 0 fully saturated rings. The van der Waals surface area contributed by atoms with Gasteiger partial charge in [0.1, 0.15) is 5.84 Å². The summed E-state index contributed by atoms with van der Waals surface area (Å²) >= 11 is 5.98. The molecule has 1 aliphatic rings. The fourth-order valence-corrected chi connectivity index (χ4v) is 2.55. The predicted molar refractivity (Wildman–Crippen MR) is 99.5 cm³/mol. The van der Waals surface area contributed by atoms with E-state index in [2.05, 4.69) is 15.6 Å². The average Bonchev–Trinajstić information content (AvgIpc) is 2.98. The lowest BCUT2D eigenvalue weighted by molar-refractivity contribution is 0.262. The Bertz CT molecular complexity index is 858. The number of carbonyl (C=O) groups excluding carboxylic acids is 1. The van der Waals surface area contributed by atoms with Crippen LogP contribution in [0.4, 0.5) is 16.2 Å². The lowest BCUT2D eigenvalue weighted by atomic mass is 10.0. The number of nitrogens with zero attached hydrogens (tertiary/aromatic N) is 1. The van der Waals surface area contributed by atoms with Gasteiger partial charge in [0.05, 0.1) is 0 Å². The minimum atomic E-state index is -0.315. The topological polar surface area (TPSA) is 79.5 Å². The van der Waals surface area contributed by atoms with Crippen molar-refractivity contribution in [1.82, 2.24) is 0 Å². The second kappa shape index (κ2) is 6.76. The van der Waals surface area contributed by atoms with Crippen LogP contribution in [0, 0.1) is 6.92 Å². The standard InChI is InChI=1S/C18H17ClN4O/c1-11-7-15(5-6-16(11)19)23-18(24)22-14-4-2-3-12(8-14)13-9-17(20)21-10-13/h2-8,10H,9H2,1H3,(H2,20,21)(H2,22,23,24). The average molecular weight is 341 g/mol. The summed E-state index contributed by atoms with van der Waals surface area (Å²) in [5, 5.41) is 6.28. The molecule has 24 heavy (non-hydrogen) atoms. The number of amidine groups is 1. The highest BCUT2D eigenvalue weighted by Crippen LogP contribution is 2.25. The molecular weight excluding hydrogens is 324 g/mol. The van der Waals surface area contributed by atoms with E-state index in [-0.39, 0.29) is 6.03 Å². The van der Waals surface area contributed by atoms with Gasteiger partial charge in [-0.1, -0.05) is 23.7 Å². The zero-order valence-corrected chi connectivity index (χ0v) is 13.9. The molecule has 122 valence electrons. The number of urea groups is 1. The number of benzene rings is 2. The van der Waals surface area contributed by atoms with Crippen molar-refractivity contribution in [3.8, 4) is 0 Å². The SMILES string of the molecule is Cc1cc(NC(=O)Nc2cccc(C3=CN=C(N)C3)c2)ccc1Cl. The first-order valence-electron chi connectivity index (χ1n) is 7.47. The molecule has 2 amide bonds. The van der Waals surface area contributed by atoms with Crippen LogP contribution in [-0.4, -0.2) is 11.9 Å². The van der Waals surface area contributed by atoms with E-state index in [0.717, 1.165) is 16.7 Å². The highest BCUT2D eigenvalue weighted by molar-refractivity contribution is 6.31. The van der Waals surface area contributed by atoms with Crippen molar-refractivity contribution >= 4 is 40.4 Å². The summed E-state index contributed by atoms with van der Waals surface area (Å²) in [6.45, 7) is 1.89. The molecule has 2 aromatic carbocycles. The first kappa shape index (κ1) is 16.1. The molecule has 0 radical (unpaired) electrons. The van der Waals surface area contributed by atoms with Crippen molar-refractivity contribution in [2.45, 2.75) is 13.3 Å². The van der Waals surface area contributed by atoms with E-state index in [1.54, 1.807) is 18.3 Å². The third-order valence-corrected chi connectivity index (χ3v) is 4.09. The van der Waals surface area contributed by atoms with Gasteiger partial charge in [0.15, 0.2) is 0 Å². The summed E-state index contributed by atoms with van der Waals surface area (Å²) in [6.07, 6.45) is 2.38. The number of anilines is 2. The smallest absolute Gasteiger partial charge is 0.323 e. The maximum absolute atomic E-state index is 12.2. The second-order valence-corrected chi connectivity index (χ2v) is 5.98. The van der Waals surface area contributed by atoms with E-state index in [1.807, 2.05) is 37.3 Å². The minimum Gasteiger partial charge on any atom is -0.387 e. The maximum atomic E-state index is 12.2. The van der Waals surface area contributed by atoms with Crippen LogP contribution in [-0.2, 0) is 0 Å². The zero-order valence-electron chi connectivity index (χ0n) is 13.1. The molecule has 0 atom stereocenters. The number of amides is 2. The Morgan fingerprint density at radius 3 is 2.58 bits per heavy atom. The lowest BCUT2D eigenvalue weighted by Gasteiger charge is -2.10. The number of nitrogens with two attached hydrogens (primary N) is 1. The van der Waals surface area contributed by atoms with Crippen molar-refractivity contribution in [2.24, 2.45) is 10.7 Å². The number of aryl methyl sites for hydroxylation is 1. The van der Waals surface area contributed by atoms with Crippen molar-refractivity contribution in [1.29, 1.82) is 0 Å². The van der Waals surface area contributed by atoms with Crippen LogP contribution in [0.5, 0.6) is 0 Å². The largest absolute Gasteiger partial charge is 0.387 e. The van der Waals surface area contributed by atoms with E-state index in [0.29, 0.717) is 28.7 Å². The molecule has 2 aromatic rings. The Morgan fingerprint density at radius 2 is 1.92 bits per heavy atom. The number of halogens is 1. The summed E-state index contributed by atoms with van der Waals surface area (Å²) in [5.41, 5.74) is 10.0. The normalized spacial score (nSPS) is 13.2. The highest BCUT2D eigenvalue weighted by atomic mass is 35.5. The van der Waals surface area contributed by atoms with Gasteiger partial charge in [-0.05, 0) is 54.0 Å². The highest BCUT2D eigenvalue weighted by Gasteiger charge is 2.10. The summed E-state index contributed by atoms with van der Waals surface area (Å²) < 4.78 is 0. The van der Waals surface area contributed by atoms with Crippen LogP contribution in [0.15, 0.2) is 53.7 Å². The number of carbonyl (C=O) groups is 1. The number of nitrogens with one attached hydrogen (secondary N) is 2. The van der Waals surface area contributed by atoms with Gasteiger partial charge in [0.2, 0.25) is 0 Å². The van der Waals surface area contributed by atoms with Gasteiger partial charge in [-0.15, -0.1) is 0 Å². The number of hydrogen-bond acceptors (Lipinski definition) is 3. The summed E-state index contributed by atoms with van der Waals surface area (Å²) in [6, 6.07) is 12.6. The fraction of sp³-hybridized carbons (Fsp3) is 0.111. The zero-order chi connectivity index (χ0) is 17.1. The molecule has 0 saturated carbocycles. The molecule has 0 aromatic heterocycles. The van der Waals surface area contributed by atoms with Crippen molar-refractivity contribution in [2.75, 3.05) is 10.6 Å². The van der Waals surface area contributed by atoms with Crippen molar-refractivity contribution in [3.05, 3.63) is 64.8 Å². The van der Waals surface area contributed by atoms with Gasteiger partial charge in [0, 0.05) is 29.0 Å². The van der Waals surface area contributed by atoms with Crippen molar-refractivity contribution < 1.29 is 4.79 Å². The molecule has 0 bridgehead atoms. The van der Waals surface area contributed by atoms with Crippen LogP contribution in [0.3, 0.4) is 0 Å². The molecule has 1 aliphatic heterocycles. The Hall–Kier alpha value is -2.79. The summed E-state index contributed by atoms with van der Waals surface area (Å²) in [4.78, 5) is 16.2. The fourth-order valence-electron chi connectivity index (χ4n) is 2.44. The molecule has 0 aliphatic carbocycles. The number of aliphatic imine (C=N–C) groups is 1. The first-order valence-corrected chi connectivity index (χ1v) is 7.85. The van der Waals surface area contributed by atoms with Crippen molar-refractivity contribution in [3.63, 3.8) is 0 Å². The van der Waals surface area contributed by atoms with Gasteiger partial charge in [-0.3, -0.25) is 0 Å². The molecule has 0 saturated heterocycles. The lowest BCUT2D eigenvalue weighted by Crippen LogP contribution is -2.19. The maximum Gasteiger partial charge on any atom is 0.323 e. The molecular formula is C18H17ClN4O. The van der Waals surface area contributed by atoms with Gasteiger partial charge in [-0.25, -0.2) is 9.79 Å². The quantitative estimate of drug-likeness (QED) is 0.774. The molecule has 1 heterocycles. The van der Waals surface area contributed by atoms with Crippen LogP contribution >= 0.6 is 11.6 Å². The molecule has 0 unspecified atom stereocenters. The molecule has 5 nitrogen and oxygen atoms in total. The van der Waals surface area contributed by atoms with E-state index >= 15 is 0 Å². The Kier molecular flexibility index (Phi) is 4.53. The van der Waals surface area contributed by atoms with Crippen LogP contribution in [0.2, 0.25) is 5.02 Å². The number of rotatable bonds is 3. The third-order valence-electron chi connectivity index (χ3n) is 3.66. The van der Waals surface area contributed by atoms with E-state index in [1.165, 1.54) is 0 Å². The van der Waals surface area contributed by atoms with E-state index < -0.39 is 0 Å². The van der Waals surface area contributed by atoms with Gasteiger partial charge < -0.3 is 16.4 Å². The summed E-state index contributed by atoms with van der Waals surface area (Å²) in [5.74, 6) is 0.596.